The maximum absolute atomic E-state index is 12.9. The van der Waals surface area contributed by atoms with Gasteiger partial charge < -0.3 is 9.22 Å². The topological polar surface area (TPSA) is 38.3 Å². The number of para-hydroxylation sites is 1. The Balaban J connectivity index is 1.26. The molecule has 35 heavy (non-hydrogen) atoms. The molecule has 4 rings (SSSR count). The minimum absolute atomic E-state index is 0.0218. The first-order valence-electron chi connectivity index (χ1n) is 13.3. The number of halogens is 2. The Morgan fingerprint density at radius 2 is 1.63 bits per heavy atom. The molecule has 2 bridgehead atoms. The van der Waals surface area contributed by atoms with Gasteiger partial charge in [-0.25, -0.2) is 4.79 Å². The van der Waals surface area contributed by atoms with E-state index in [2.05, 4.69) is 49.3 Å². The molecule has 0 saturated carbocycles. The van der Waals surface area contributed by atoms with E-state index >= 15 is 0 Å². The van der Waals surface area contributed by atoms with Gasteiger partial charge in [0.1, 0.15) is 11.1 Å². The number of nitrogens with zero attached hydrogens (tertiary/aromatic N) is 1. The molecule has 0 aliphatic carbocycles. The van der Waals surface area contributed by atoms with Crippen molar-refractivity contribution in [1.29, 1.82) is 0 Å². The number of fused-ring (bicyclic) bond motifs is 2. The number of piperidine rings is 1. The average Bonchev–Trinajstić information content (AvgIpc) is 3.27. The number of carbonyl (C=O) groups is 1. The molecule has 2 aromatic carbocycles. The summed E-state index contributed by atoms with van der Waals surface area (Å²) in [5.41, 5.74) is 2.88. The molecule has 0 radical (unpaired) electrons. The van der Waals surface area contributed by atoms with Crippen LogP contribution < -0.4 is 5.32 Å². The number of quaternary nitrogens is 1. The Bertz CT molecular complexity index is 941. The number of unbranched alkanes of at least 4 members (excludes halogenated alkanes) is 6. The highest BCUT2D eigenvalue weighted by molar-refractivity contribution is 9.09. The highest BCUT2D eigenvalue weighted by atomic mass is 79.9. The lowest BCUT2D eigenvalue weighted by molar-refractivity contribution is -0.930. The number of amides is 1. The number of hydrogen-bond acceptors (Lipinski definition) is 2. The van der Waals surface area contributed by atoms with Gasteiger partial charge in [0.15, 0.2) is 0 Å². The molecular weight excluding hydrogens is 568 g/mol. The van der Waals surface area contributed by atoms with Crippen molar-refractivity contribution >= 4 is 43.6 Å². The van der Waals surface area contributed by atoms with Gasteiger partial charge in [0.25, 0.3) is 0 Å². The van der Waals surface area contributed by atoms with Gasteiger partial charge in [-0.3, -0.25) is 5.32 Å². The summed E-state index contributed by atoms with van der Waals surface area (Å²) in [6, 6.07) is 18.1. The molecule has 2 saturated heterocycles. The van der Waals surface area contributed by atoms with Gasteiger partial charge in [0.05, 0.1) is 31.2 Å². The van der Waals surface area contributed by atoms with E-state index in [-0.39, 0.29) is 12.2 Å². The zero-order chi connectivity index (χ0) is 24.5. The van der Waals surface area contributed by atoms with Gasteiger partial charge in [-0.1, -0.05) is 90.1 Å². The van der Waals surface area contributed by atoms with Crippen LogP contribution in [0.2, 0.25) is 0 Å². The number of hydrogen-bond donors (Lipinski definition) is 1. The monoisotopic (exact) mass is 605 g/mol. The molecule has 0 aromatic heterocycles. The van der Waals surface area contributed by atoms with Gasteiger partial charge in [-0.2, -0.15) is 0 Å². The molecule has 2 aliphatic heterocycles. The lowest BCUT2D eigenvalue weighted by Gasteiger charge is -2.44. The summed E-state index contributed by atoms with van der Waals surface area (Å²) in [4.78, 5) is 13.3. The zero-order valence-electron chi connectivity index (χ0n) is 20.6. The molecule has 6 heteroatoms. The number of nitrogens with one attached hydrogen (secondary N) is 1. The molecule has 1 N–H and O–H groups in total. The minimum atomic E-state index is -0.343. The Hall–Kier alpha value is -1.37. The van der Waals surface area contributed by atoms with Gasteiger partial charge in [0.2, 0.25) is 0 Å². The number of benzene rings is 2. The highest BCUT2D eigenvalue weighted by Crippen LogP contribution is 2.42. The molecule has 2 aromatic rings. The predicted molar refractivity (Wildman–Crippen MR) is 152 cm³/mol. The molecular formula is C29H39Br2N2O2+. The van der Waals surface area contributed by atoms with Gasteiger partial charge in [0, 0.05) is 23.7 Å². The number of ether oxygens (including phenoxy) is 1. The van der Waals surface area contributed by atoms with Crippen molar-refractivity contribution in [3.05, 3.63) is 54.6 Å². The second-order valence-electron chi connectivity index (χ2n) is 10.2. The summed E-state index contributed by atoms with van der Waals surface area (Å²) < 4.78 is 7.19. The van der Waals surface area contributed by atoms with Crippen molar-refractivity contribution in [2.24, 2.45) is 5.92 Å². The average molecular weight is 607 g/mol. The fraction of sp³-hybridized carbons (Fsp3) is 0.552. The van der Waals surface area contributed by atoms with Gasteiger partial charge in [-0.05, 0) is 46.8 Å². The Kier molecular flexibility index (Phi) is 10.1. The van der Waals surface area contributed by atoms with E-state index in [1.807, 2.05) is 42.5 Å². The lowest BCUT2D eigenvalue weighted by Crippen LogP contribution is -2.57. The van der Waals surface area contributed by atoms with Crippen LogP contribution in [0.5, 0.6) is 0 Å². The summed E-state index contributed by atoms with van der Waals surface area (Å²) in [5.74, 6) is 0.461. The van der Waals surface area contributed by atoms with Crippen LogP contribution in [-0.4, -0.2) is 46.6 Å². The van der Waals surface area contributed by atoms with Crippen LogP contribution >= 0.6 is 31.9 Å². The van der Waals surface area contributed by atoms with Crippen LogP contribution in [0.15, 0.2) is 54.6 Å². The standard InChI is InChI=1S/C29H38Br2N2O2/c30-18-11-4-2-1-3-5-12-19-33-20-17-24(22-33)27(21-28(33)31)35-29(34)32-26-16-10-9-15-25(26)23-13-7-6-8-14-23/h6-10,13-16,24,27-28H,1-5,11-12,17-22H2/p+1/t24?,27?,28?,33-/m1/s1. The predicted octanol–water partition coefficient (Wildman–Crippen LogP) is 8.36. The van der Waals surface area contributed by atoms with E-state index < -0.39 is 0 Å². The zero-order valence-corrected chi connectivity index (χ0v) is 23.8. The first-order chi connectivity index (χ1) is 17.1. The van der Waals surface area contributed by atoms with Crippen LogP contribution in [0.3, 0.4) is 0 Å². The molecule has 190 valence electrons. The van der Waals surface area contributed by atoms with Crippen molar-refractivity contribution in [3.63, 3.8) is 0 Å². The maximum Gasteiger partial charge on any atom is 0.411 e. The molecule has 0 spiro atoms. The van der Waals surface area contributed by atoms with Crippen LogP contribution in [0.4, 0.5) is 10.5 Å². The Labute approximate surface area is 227 Å². The Morgan fingerprint density at radius 3 is 2.40 bits per heavy atom. The SMILES string of the molecule is O=C(Nc1ccccc1-c1ccccc1)OC1CC(Br)[N@+]2(CCCCCCCCCBr)CCC1C2. The van der Waals surface area contributed by atoms with Gasteiger partial charge in [-0.15, -0.1) is 0 Å². The molecule has 2 fully saturated rings. The van der Waals surface area contributed by atoms with Crippen LogP contribution in [0.25, 0.3) is 11.1 Å². The molecule has 1 amide bonds. The van der Waals surface area contributed by atoms with Crippen molar-refractivity contribution in [2.75, 3.05) is 30.3 Å². The largest absolute Gasteiger partial charge is 0.445 e. The highest BCUT2D eigenvalue weighted by Gasteiger charge is 2.52. The van der Waals surface area contributed by atoms with Gasteiger partial charge >= 0.3 is 6.09 Å². The fourth-order valence-electron chi connectivity index (χ4n) is 5.87. The summed E-state index contributed by atoms with van der Waals surface area (Å²) in [5, 5.41) is 4.15. The first kappa shape index (κ1) is 26.7. The van der Waals surface area contributed by atoms with E-state index in [1.165, 1.54) is 58.0 Å². The minimum Gasteiger partial charge on any atom is -0.445 e. The Morgan fingerprint density at radius 1 is 0.943 bits per heavy atom. The van der Waals surface area contributed by atoms with Crippen LogP contribution in [0, 0.1) is 5.92 Å². The summed E-state index contributed by atoms with van der Waals surface area (Å²) in [7, 11) is 0. The van der Waals surface area contributed by atoms with Crippen molar-refractivity contribution in [2.45, 2.75) is 68.8 Å². The van der Waals surface area contributed by atoms with Crippen molar-refractivity contribution in [3.8, 4) is 11.1 Å². The molecule has 2 heterocycles. The molecule has 4 nitrogen and oxygen atoms in total. The number of anilines is 1. The molecule has 2 aliphatic rings. The van der Waals surface area contributed by atoms with E-state index in [4.69, 9.17) is 4.74 Å². The second kappa shape index (κ2) is 13.3. The number of carbonyl (C=O) groups excluding carboxylic acids is 1. The fourth-order valence-corrected chi connectivity index (χ4v) is 7.21. The maximum atomic E-state index is 12.9. The van der Waals surface area contributed by atoms with E-state index in [0.717, 1.165) is 46.0 Å². The quantitative estimate of drug-likeness (QED) is 0.114. The second-order valence-corrected chi connectivity index (χ2v) is 12.1. The molecule has 4 atom stereocenters. The third-order valence-electron chi connectivity index (χ3n) is 7.83. The normalized spacial score (nSPS) is 25.4. The summed E-state index contributed by atoms with van der Waals surface area (Å²) >= 11 is 7.52. The number of rotatable bonds is 12. The van der Waals surface area contributed by atoms with Crippen molar-refractivity contribution < 1.29 is 14.0 Å². The van der Waals surface area contributed by atoms with E-state index in [1.54, 1.807) is 0 Å². The third kappa shape index (κ3) is 7.11. The lowest BCUT2D eigenvalue weighted by atomic mass is 9.95. The first-order valence-corrected chi connectivity index (χ1v) is 15.3. The van der Waals surface area contributed by atoms with Crippen LogP contribution in [0.1, 0.15) is 57.8 Å². The van der Waals surface area contributed by atoms with E-state index in [0.29, 0.717) is 10.9 Å². The smallest absolute Gasteiger partial charge is 0.411 e. The number of alkyl halides is 2. The summed E-state index contributed by atoms with van der Waals surface area (Å²) in [6.45, 7) is 3.57. The summed E-state index contributed by atoms with van der Waals surface area (Å²) in [6.07, 6.45) is 11.1. The molecule has 3 unspecified atom stereocenters. The van der Waals surface area contributed by atoms with Crippen LogP contribution in [-0.2, 0) is 4.74 Å². The third-order valence-corrected chi connectivity index (χ3v) is 9.64. The van der Waals surface area contributed by atoms with Crippen molar-refractivity contribution in [1.82, 2.24) is 0 Å². The van der Waals surface area contributed by atoms with E-state index in [9.17, 15) is 4.79 Å².